The van der Waals surface area contributed by atoms with Crippen LogP contribution in [0, 0.1) is 6.92 Å². The van der Waals surface area contributed by atoms with Crippen LogP contribution in [0.4, 0.5) is 5.82 Å². The van der Waals surface area contributed by atoms with Crippen LogP contribution in [0.3, 0.4) is 0 Å². The average Bonchev–Trinajstić information content (AvgIpc) is 3.08. The van der Waals surface area contributed by atoms with Crippen molar-refractivity contribution in [3.8, 4) is 0 Å². The number of aromatic nitrogens is 3. The Labute approximate surface area is 158 Å². The molecular weight excluding hydrogens is 362 g/mol. The molecule has 142 valence electrons. The number of aryl methyl sites for hydroxylation is 2. The van der Waals surface area contributed by atoms with Crippen LogP contribution in [0.25, 0.3) is 5.65 Å². The van der Waals surface area contributed by atoms with Crippen molar-refractivity contribution in [2.45, 2.75) is 30.1 Å². The lowest BCUT2D eigenvalue weighted by atomic mass is 10.3. The molecule has 1 aliphatic rings. The molecule has 0 saturated carbocycles. The van der Waals surface area contributed by atoms with Gasteiger partial charge in [0.1, 0.15) is 10.7 Å². The highest BCUT2D eigenvalue weighted by molar-refractivity contribution is 7.91. The van der Waals surface area contributed by atoms with E-state index in [0.29, 0.717) is 17.8 Å². The van der Waals surface area contributed by atoms with Crippen LogP contribution in [0.2, 0.25) is 0 Å². The number of nitrogens with one attached hydrogen (secondary N) is 1. The third-order valence-electron chi connectivity index (χ3n) is 4.82. The van der Waals surface area contributed by atoms with E-state index in [1.165, 1.54) is 0 Å². The molecule has 27 heavy (non-hydrogen) atoms. The molecule has 0 spiro atoms. The quantitative estimate of drug-likeness (QED) is 0.738. The molecule has 1 saturated heterocycles. The Hall–Kier alpha value is -2.45. The molecule has 0 radical (unpaired) electrons. The number of fused-ring (bicyclic) bond motifs is 1. The number of hydrogen-bond acceptors (Lipinski definition) is 6. The Morgan fingerprint density at radius 2 is 1.85 bits per heavy atom. The minimum atomic E-state index is -3.71. The first-order valence-corrected chi connectivity index (χ1v) is 10.7. The fraction of sp³-hybridized carbons (Fsp3) is 0.368. The van der Waals surface area contributed by atoms with Crippen molar-refractivity contribution in [1.29, 1.82) is 0 Å². The van der Waals surface area contributed by atoms with Gasteiger partial charge >= 0.3 is 0 Å². The van der Waals surface area contributed by atoms with Gasteiger partial charge in [0.25, 0.3) is 0 Å². The molecule has 0 atom stereocenters. The van der Waals surface area contributed by atoms with Crippen LogP contribution in [-0.2, 0) is 16.3 Å². The number of sulfone groups is 1. The van der Waals surface area contributed by atoms with Gasteiger partial charge in [-0.3, -0.25) is 0 Å². The minimum absolute atomic E-state index is 0.219. The van der Waals surface area contributed by atoms with Gasteiger partial charge in [-0.1, -0.05) is 25.1 Å². The Balaban J connectivity index is 1.97. The average molecular weight is 385 g/mol. The Morgan fingerprint density at radius 3 is 2.52 bits per heavy atom. The normalized spacial score (nSPS) is 15.4. The lowest BCUT2D eigenvalue weighted by Gasteiger charge is -2.29. The van der Waals surface area contributed by atoms with Crippen LogP contribution in [0.15, 0.2) is 46.2 Å². The van der Waals surface area contributed by atoms with E-state index in [-0.39, 0.29) is 9.79 Å². The fourth-order valence-electron chi connectivity index (χ4n) is 3.49. The van der Waals surface area contributed by atoms with Gasteiger partial charge < -0.3 is 10.2 Å². The smallest absolute Gasteiger partial charge is 0.212 e. The van der Waals surface area contributed by atoms with Gasteiger partial charge in [0.15, 0.2) is 5.65 Å². The van der Waals surface area contributed by atoms with Crippen LogP contribution in [0.1, 0.15) is 18.3 Å². The molecule has 1 fully saturated rings. The molecule has 1 aliphatic heterocycles. The van der Waals surface area contributed by atoms with Crippen molar-refractivity contribution in [3.63, 3.8) is 0 Å². The zero-order valence-corrected chi connectivity index (χ0v) is 16.3. The third-order valence-corrected chi connectivity index (χ3v) is 6.67. The summed E-state index contributed by atoms with van der Waals surface area (Å²) in [6.07, 6.45) is 0.519. The van der Waals surface area contributed by atoms with Crippen LogP contribution in [-0.4, -0.2) is 49.2 Å². The first-order valence-electron chi connectivity index (χ1n) is 9.17. The molecule has 8 heteroatoms. The van der Waals surface area contributed by atoms with Crippen LogP contribution in [0.5, 0.6) is 0 Å². The van der Waals surface area contributed by atoms with E-state index in [1.54, 1.807) is 34.8 Å². The number of hydrogen-bond donors (Lipinski definition) is 1. The molecule has 1 aromatic carbocycles. The van der Waals surface area contributed by atoms with Crippen molar-refractivity contribution in [3.05, 3.63) is 47.8 Å². The summed E-state index contributed by atoms with van der Waals surface area (Å²) >= 11 is 0. The zero-order valence-electron chi connectivity index (χ0n) is 15.5. The van der Waals surface area contributed by atoms with E-state index in [2.05, 4.69) is 20.3 Å². The summed E-state index contributed by atoms with van der Waals surface area (Å²) in [5.41, 5.74) is 1.74. The van der Waals surface area contributed by atoms with Gasteiger partial charge in [0.2, 0.25) is 9.84 Å². The molecule has 7 nitrogen and oxygen atoms in total. The van der Waals surface area contributed by atoms with Crippen molar-refractivity contribution in [2.24, 2.45) is 0 Å². The highest BCUT2D eigenvalue weighted by Gasteiger charge is 2.29. The second-order valence-corrected chi connectivity index (χ2v) is 8.56. The van der Waals surface area contributed by atoms with Gasteiger partial charge in [0, 0.05) is 37.9 Å². The molecule has 3 aromatic rings. The lowest BCUT2D eigenvalue weighted by molar-refractivity contribution is 0.579. The van der Waals surface area contributed by atoms with Crippen molar-refractivity contribution in [2.75, 3.05) is 31.1 Å². The predicted molar refractivity (Wildman–Crippen MR) is 104 cm³/mol. The molecule has 1 N–H and O–H groups in total. The molecule has 0 aliphatic carbocycles. The summed E-state index contributed by atoms with van der Waals surface area (Å²) in [6, 6.07) is 10.5. The summed E-state index contributed by atoms with van der Waals surface area (Å²) in [7, 11) is -3.71. The first-order chi connectivity index (χ1) is 13.0. The third kappa shape index (κ3) is 3.08. The minimum Gasteiger partial charge on any atom is -0.354 e. The molecule has 2 aromatic heterocycles. The maximum absolute atomic E-state index is 13.4. The van der Waals surface area contributed by atoms with Gasteiger partial charge in [-0.15, -0.1) is 0 Å². The largest absolute Gasteiger partial charge is 0.354 e. The van der Waals surface area contributed by atoms with Crippen molar-refractivity contribution in [1.82, 2.24) is 19.9 Å². The number of anilines is 1. The summed E-state index contributed by atoms with van der Waals surface area (Å²) in [5, 5.41) is 7.99. The van der Waals surface area contributed by atoms with E-state index in [4.69, 9.17) is 0 Å². The van der Waals surface area contributed by atoms with Gasteiger partial charge in [-0.05, 0) is 25.5 Å². The van der Waals surface area contributed by atoms with E-state index < -0.39 is 9.84 Å². The van der Waals surface area contributed by atoms with Gasteiger partial charge in [0.05, 0.1) is 10.6 Å². The SMILES string of the molecule is CCc1nn2c(N3CCNCC3)cc(C)nc2c1S(=O)(=O)c1ccccc1. The lowest BCUT2D eigenvalue weighted by Crippen LogP contribution is -2.44. The van der Waals surface area contributed by atoms with Gasteiger partial charge in [-0.25, -0.2) is 13.4 Å². The molecule has 0 bridgehead atoms. The highest BCUT2D eigenvalue weighted by atomic mass is 32.2. The second kappa shape index (κ2) is 6.94. The summed E-state index contributed by atoms with van der Waals surface area (Å²) in [6.45, 7) is 7.29. The van der Waals surface area contributed by atoms with E-state index in [0.717, 1.165) is 37.7 Å². The topological polar surface area (TPSA) is 79.6 Å². The molecule has 0 unspecified atom stereocenters. The Morgan fingerprint density at radius 1 is 1.15 bits per heavy atom. The molecule has 3 heterocycles. The summed E-state index contributed by atoms with van der Waals surface area (Å²) in [4.78, 5) is 7.28. The van der Waals surface area contributed by atoms with E-state index in [1.807, 2.05) is 19.9 Å². The van der Waals surface area contributed by atoms with Crippen LogP contribution < -0.4 is 10.2 Å². The monoisotopic (exact) mass is 385 g/mol. The Kier molecular flexibility index (Phi) is 4.61. The number of benzene rings is 1. The maximum atomic E-state index is 13.4. The number of piperazine rings is 1. The second-order valence-electron chi connectivity index (χ2n) is 6.67. The zero-order chi connectivity index (χ0) is 19.0. The molecular formula is C19H23N5O2S. The predicted octanol–water partition coefficient (Wildman–Crippen LogP) is 1.84. The van der Waals surface area contributed by atoms with Crippen molar-refractivity contribution >= 4 is 21.3 Å². The summed E-state index contributed by atoms with van der Waals surface area (Å²) < 4.78 is 28.4. The molecule has 4 rings (SSSR count). The van der Waals surface area contributed by atoms with E-state index >= 15 is 0 Å². The van der Waals surface area contributed by atoms with Crippen molar-refractivity contribution < 1.29 is 8.42 Å². The maximum Gasteiger partial charge on any atom is 0.212 e. The standard InChI is InChI=1S/C19H23N5O2S/c1-3-16-18(27(25,26)15-7-5-4-6-8-15)19-21-14(2)13-17(24(19)22-16)23-11-9-20-10-12-23/h4-8,13,20H,3,9-12H2,1-2H3. The van der Waals surface area contributed by atoms with E-state index in [9.17, 15) is 8.42 Å². The fourth-order valence-corrected chi connectivity index (χ4v) is 5.11. The van der Waals surface area contributed by atoms with Gasteiger partial charge in [-0.2, -0.15) is 9.61 Å². The number of rotatable bonds is 4. The first kappa shape index (κ1) is 17.9. The molecule has 0 amide bonds. The van der Waals surface area contributed by atoms with Crippen LogP contribution >= 0.6 is 0 Å². The number of nitrogens with zero attached hydrogens (tertiary/aromatic N) is 4. The summed E-state index contributed by atoms with van der Waals surface area (Å²) in [5.74, 6) is 0.892. The Bertz CT molecular complexity index is 1070. The highest BCUT2D eigenvalue weighted by Crippen LogP contribution is 2.30.